The minimum Gasteiger partial charge on any atom is -0.333 e. The Kier molecular flexibility index (Phi) is 9.57. The normalized spacial score (nSPS) is 11.4. The molecule has 0 saturated heterocycles. The Balaban J connectivity index is 1.78. The van der Waals surface area contributed by atoms with Crippen molar-refractivity contribution >= 4 is 40.8 Å². The number of aromatic nitrogens is 2. The number of aryl methyl sites for hydroxylation is 1. The Morgan fingerprint density at radius 2 is 1.75 bits per heavy atom. The van der Waals surface area contributed by atoms with Gasteiger partial charge in [-0.15, -0.1) is 0 Å². The Labute approximate surface area is 223 Å². The van der Waals surface area contributed by atoms with Crippen molar-refractivity contribution in [2.45, 2.75) is 58.8 Å². The Morgan fingerprint density at radius 3 is 2.39 bits per heavy atom. The maximum absolute atomic E-state index is 13.1. The van der Waals surface area contributed by atoms with Gasteiger partial charge in [-0.05, 0) is 36.6 Å². The summed E-state index contributed by atoms with van der Waals surface area (Å²) in [6, 6.07) is 17.0. The highest BCUT2D eigenvalue weighted by Gasteiger charge is 2.23. The van der Waals surface area contributed by atoms with E-state index in [9.17, 15) is 9.59 Å². The van der Waals surface area contributed by atoms with Crippen molar-refractivity contribution in [3.05, 3.63) is 75.9 Å². The van der Waals surface area contributed by atoms with Crippen molar-refractivity contribution in [2.24, 2.45) is 0 Å². The highest BCUT2D eigenvalue weighted by Crippen LogP contribution is 2.29. The van der Waals surface area contributed by atoms with Gasteiger partial charge in [-0.3, -0.25) is 9.59 Å². The van der Waals surface area contributed by atoms with E-state index in [-0.39, 0.29) is 23.8 Å². The maximum atomic E-state index is 13.1. The molecule has 0 spiro atoms. The number of hydrogen-bond donors (Lipinski definition) is 1. The number of carbonyl (C=O) groups excluding carboxylic acids is 2. The minimum atomic E-state index is -0.277. The van der Waals surface area contributed by atoms with E-state index in [1.54, 1.807) is 27.8 Å². The smallest absolute Gasteiger partial charge is 0.245 e. The average molecular weight is 530 g/mol. The van der Waals surface area contributed by atoms with Crippen LogP contribution >= 0.6 is 23.2 Å². The number of benzene rings is 2. The van der Waals surface area contributed by atoms with Gasteiger partial charge in [0.15, 0.2) is 0 Å². The molecule has 8 heteroatoms. The van der Waals surface area contributed by atoms with Crippen LogP contribution in [0.4, 0.5) is 5.82 Å². The number of anilines is 1. The molecule has 1 N–H and O–H groups in total. The second-order valence-corrected chi connectivity index (χ2v) is 10.7. The standard InChI is InChI=1S/C28H34Cl2N4O2/c1-5-6-16-33(27(36)15-12-20-10-8-7-9-11-20)19-26(35)31-25-18-24(28(2,3)4)32-34(25)21-13-14-22(29)23(30)17-21/h7-11,13-14,17-18H,5-6,12,15-16,19H2,1-4H3,(H,31,35). The van der Waals surface area contributed by atoms with Gasteiger partial charge in [-0.2, -0.15) is 5.10 Å². The van der Waals surface area contributed by atoms with E-state index < -0.39 is 0 Å². The summed E-state index contributed by atoms with van der Waals surface area (Å²) in [6.07, 6.45) is 2.77. The number of hydrogen-bond acceptors (Lipinski definition) is 3. The van der Waals surface area contributed by atoms with Crippen LogP contribution in [0.5, 0.6) is 0 Å². The molecule has 3 rings (SSSR count). The second kappa shape index (κ2) is 12.4. The number of carbonyl (C=O) groups is 2. The van der Waals surface area contributed by atoms with Gasteiger partial charge in [-0.1, -0.05) is 87.6 Å². The number of nitrogens with zero attached hydrogens (tertiary/aromatic N) is 3. The van der Waals surface area contributed by atoms with Crippen molar-refractivity contribution < 1.29 is 9.59 Å². The molecule has 0 aliphatic heterocycles. The molecule has 0 atom stereocenters. The topological polar surface area (TPSA) is 67.2 Å². The molecule has 0 saturated carbocycles. The predicted molar refractivity (Wildman–Crippen MR) is 147 cm³/mol. The molecule has 0 fully saturated rings. The summed E-state index contributed by atoms with van der Waals surface area (Å²) in [5.41, 5.74) is 2.36. The van der Waals surface area contributed by atoms with Crippen LogP contribution < -0.4 is 5.32 Å². The first kappa shape index (κ1) is 27.8. The molecule has 2 amide bonds. The molecule has 0 radical (unpaired) electrons. The van der Waals surface area contributed by atoms with E-state index in [1.165, 1.54) is 0 Å². The number of amides is 2. The van der Waals surface area contributed by atoms with Gasteiger partial charge in [-0.25, -0.2) is 4.68 Å². The Hall–Kier alpha value is -2.83. The second-order valence-electron chi connectivity index (χ2n) is 9.88. The molecule has 2 aromatic carbocycles. The molecule has 1 heterocycles. The van der Waals surface area contributed by atoms with E-state index >= 15 is 0 Å². The molecule has 0 aliphatic carbocycles. The van der Waals surface area contributed by atoms with Crippen LogP contribution in [0.3, 0.4) is 0 Å². The number of unbranched alkanes of at least 4 members (excludes halogenated alkanes) is 1. The zero-order valence-corrected chi connectivity index (χ0v) is 22.9. The zero-order valence-electron chi connectivity index (χ0n) is 21.4. The summed E-state index contributed by atoms with van der Waals surface area (Å²) in [6.45, 7) is 8.74. The fourth-order valence-corrected chi connectivity index (χ4v) is 3.99. The average Bonchev–Trinajstić information content (AvgIpc) is 3.26. The van der Waals surface area contributed by atoms with E-state index in [1.807, 2.05) is 36.4 Å². The summed E-state index contributed by atoms with van der Waals surface area (Å²) in [4.78, 5) is 27.8. The molecule has 192 valence electrons. The molecule has 36 heavy (non-hydrogen) atoms. The van der Waals surface area contributed by atoms with Crippen LogP contribution in [0, 0.1) is 0 Å². The van der Waals surface area contributed by atoms with Crippen LogP contribution in [0.1, 0.15) is 58.2 Å². The lowest BCUT2D eigenvalue weighted by atomic mass is 9.92. The van der Waals surface area contributed by atoms with Crippen molar-refractivity contribution in [2.75, 3.05) is 18.4 Å². The zero-order chi connectivity index (χ0) is 26.3. The first-order valence-electron chi connectivity index (χ1n) is 12.3. The monoisotopic (exact) mass is 528 g/mol. The van der Waals surface area contributed by atoms with Gasteiger partial charge in [0.25, 0.3) is 0 Å². The molecule has 3 aromatic rings. The maximum Gasteiger partial charge on any atom is 0.245 e. The van der Waals surface area contributed by atoms with Crippen molar-refractivity contribution in [3.63, 3.8) is 0 Å². The van der Waals surface area contributed by atoms with E-state index in [0.29, 0.717) is 40.9 Å². The van der Waals surface area contributed by atoms with Crippen LogP contribution in [0.2, 0.25) is 10.0 Å². The van der Waals surface area contributed by atoms with E-state index in [4.69, 9.17) is 28.3 Å². The molecular formula is C28H34Cl2N4O2. The molecule has 6 nitrogen and oxygen atoms in total. The highest BCUT2D eigenvalue weighted by atomic mass is 35.5. The minimum absolute atomic E-state index is 0.0228. The van der Waals surface area contributed by atoms with Gasteiger partial charge in [0.05, 0.1) is 28.0 Å². The quantitative estimate of drug-likeness (QED) is 0.319. The summed E-state index contributed by atoms with van der Waals surface area (Å²) in [5.74, 6) is 0.201. The largest absolute Gasteiger partial charge is 0.333 e. The van der Waals surface area contributed by atoms with Gasteiger partial charge >= 0.3 is 0 Å². The summed E-state index contributed by atoms with van der Waals surface area (Å²) in [5, 5.41) is 8.52. The van der Waals surface area contributed by atoms with Gasteiger partial charge < -0.3 is 10.2 Å². The van der Waals surface area contributed by atoms with Crippen molar-refractivity contribution in [3.8, 4) is 5.69 Å². The third-order valence-corrected chi connectivity index (χ3v) is 6.57. The van der Waals surface area contributed by atoms with Crippen LogP contribution in [0.15, 0.2) is 54.6 Å². The lowest BCUT2D eigenvalue weighted by Crippen LogP contribution is -2.39. The van der Waals surface area contributed by atoms with Crippen LogP contribution in [0.25, 0.3) is 5.69 Å². The highest BCUT2D eigenvalue weighted by molar-refractivity contribution is 6.42. The fraction of sp³-hybridized carbons (Fsp3) is 0.393. The first-order chi connectivity index (χ1) is 17.1. The molecule has 0 aliphatic rings. The fourth-order valence-electron chi connectivity index (χ4n) is 3.70. The van der Waals surface area contributed by atoms with Crippen molar-refractivity contribution in [1.82, 2.24) is 14.7 Å². The lowest BCUT2D eigenvalue weighted by molar-refractivity contribution is -0.134. The van der Waals surface area contributed by atoms with Crippen molar-refractivity contribution in [1.29, 1.82) is 0 Å². The van der Waals surface area contributed by atoms with Gasteiger partial charge in [0, 0.05) is 24.4 Å². The first-order valence-corrected chi connectivity index (χ1v) is 13.0. The summed E-state index contributed by atoms with van der Waals surface area (Å²) in [7, 11) is 0. The number of rotatable bonds is 10. The predicted octanol–water partition coefficient (Wildman–Crippen LogP) is 6.68. The Bertz CT molecular complexity index is 1190. The summed E-state index contributed by atoms with van der Waals surface area (Å²) >= 11 is 12.3. The van der Waals surface area contributed by atoms with Crippen LogP contribution in [-0.2, 0) is 21.4 Å². The SMILES string of the molecule is CCCCN(CC(=O)Nc1cc(C(C)(C)C)nn1-c1ccc(Cl)c(Cl)c1)C(=O)CCc1ccccc1. The molecule has 0 unspecified atom stereocenters. The Morgan fingerprint density at radius 1 is 1.03 bits per heavy atom. The number of halogens is 2. The summed E-state index contributed by atoms with van der Waals surface area (Å²) < 4.78 is 1.65. The number of nitrogens with one attached hydrogen (secondary N) is 1. The third kappa shape index (κ3) is 7.58. The van der Waals surface area contributed by atoms with E-state index in [0.717, 1.165) is 24.1 Å². The van der Waals surface area contributed by atoms with E-state index in [2.05, 4.69) is 33.0 Å². The molecule has 0 bridgehead atoms. The molecular weight excluding hydrogens is 495 g/mol. The molecule has 1 aromatic heterocycles. The van der Waals surface area contributed by atoms with Crippen LogP contribution in [-0.4, -0.2) is 39.6 Å². The van der Waals surface area contributed by atoms with Gasteiger partial charge in [0.1, 0.15) is 5.82 Å². The van der Waals surface area contributed by atoms with Gasteiger partial charge in [0.2, 0.25) is 11.8 Å². The third-order valence-electron chi connectivity index (χ3n) is 5.83. The lowest BCUT2D eigenvalue weighted by Gasteiger charge is -2.22.